The summed E-state index contributed by atoms with van der Waals surface area (Å²) in [5, 5.41) is 0. The summed E-state index contributed by atoms with van der Waals surface area (Å²) in [6.45, 7) is 11.7. The number of nitrogens with zero attached hydrogens (tertiary/aromatic N) is 2. The van der Waals surface area contributed by atoms with E-state index in [4.69, 9.17) is 4.74 Å². The predicted molar refractivity (Wildman–Crippen MR) is 97.9 cm³/mol. The number of benzene rings is 1. The Balaban J connectivity index is 1.78. The Labute approximate surface area is 145 Å². The summed E-state index contributed by atoms with van der Waals surface area (Å²) in [6, 6.07) is 4.77. The Morgan fingerprint density at radius 2 is 1.71 bits per heavy atom. The lowest BCUT2D eigenvalue weighted by atomic mass is 9.93. The van der Waals surface area contributed by atoms with Crippen LogP contribution < -0.4 is 4.90 Å². The minimum absolute atomic E-state index is 0.185. The van der Waals surface area contributed by atoms with Crippen molar-refractivity contribution in [1.82, 2.24) is 4.90 Å². The average Bonchev–Trinajstić information content (AvgIpc) is 2.72. The molecule has 0 N–H and O–H groups in total. The number of carbonyl (C=O) groups is 1. The Kier molecular flexibility index (Phi) is 4.75. The zero-order valence-corrected chi connectivity index (χ0v) is 15.5. The van der Waals surface area contributed by atoms with Gasteiger partial charge in [0.25, 0.3) is 0 Å². The van der Waals surface area contributed by atoms with E-state index in [1.807, 2.05) is 25.7 Å². The first-order valence-corrected chi connectivity index (χ1v) is 9.25. The quantitative estimate of drug-likeness (QED) is 0.785. The second kappa shape index (κ2) is 6.66. The molecule has 3 rings (SSSR count). The van der Waals surface area contributed by atoms with Gasteiger partial charge in [0.15, 0.2) is 0 Å². The lowest BCUT2D eigenvalue weighted by molar-refractivity contribution is 0.0258. The normalized spacial score (nSPS) is 17.8. The van der Waals surface area contributed by atoms with Crippen molar-refractivity contribution < 1.29 is 9.53 Å². The molecule has 4 heteroatoms. The van der Waals surface area contributed by atoms with Gasteiger partial charge in [0.05, 0.1) is 0 Å². The average molecular weight is 330 g/mol. The van der Waals surface area contributed by atoms with Gasteiger partial charge in [-0.3, -0.25) is 0 Å². The maximum Gasteiger partial charge on any atom is 0.410 e. The third-order valence-corrected chi connectivity index (χ3v) is 4.95. The first kappa shape index (κ1) is 17.1. The fourth-order valence-electron chi connectivity index (χ4n) is 3.73. The second-order valence-corrected chi connectivity index (χ2v) is 7.90. The summed E-state index contributed by atoms with van der Waals surface area (Å²) < 4.78 is 5.54. The van der Waals surface area contributed by atoms with Gasteiger partial charge in [0, 0.05) is 31.9 Å². The minimum atomic E-state index is -0.434. The molecule has 0 fully saturated rings. The predicted octanol–water partition coefficient (Wildman–Crippen LogP) is 3.79. The number of rotatable bonds is 1. The van der Waals surface area contributed by atoms with E-state index in [-0.39, 0.29) is 6.09 Å². The Bertz CT molecular complexity index is 619. The molecule has 132 valence electrons. The lowest BCUT2D eigenvalue weighted by Crippen LogP contribution is -2.38. The van der Waals surface area contributed by atoms with Crippen molar-refractivity contribution in [3.8, 4) is 0 Å². The number of ether oxygens (including phenoxy) is 1. The van der Waals surface area contributed by atoms with Gasteiger partial charge in [-0.25, -0.2) is 4.79 Å². The molecule has 1 amide bonds. The molecule has 0 aliphatic carbocycles. The van der Waals surface area contributed by atoms with E-state index in [2.05, 4.69) is 24.0 Å². The topological polar surface area (TPSA) is 32.8 Å². The molecule has 1 aromatic rings. The van der Waals surface area contributed by atoms with Gasteiger partial charge in [-0.05, 0) is 76.1 Å². The lowest BCUT2D eigenvalue weighted by Gasteiger charge is -2.31. The number of hydrogen-bond acceptors (Lipinski definition) is 3. The van der Waals surface area contributed by atoms with Crippen LogP contribution in [0.25, 0.3) is 0 Å². The fraction of sp³-hybridized carbons (Fsp3) is 0.650. The molecule has 2 aliphatic heterocycles. The Hall–Kier alpha value is -1.71. The molecule has 0 saturated carbocycles. The van der Waals surface area contributed by atoms with Crippen molar-refractivity contribution in [2.24, 2.45) is 0 Å². The van der Waals surface area contributed by atoms with Crippen LogP contribution in [0.4, 0.5) is 10.5 Å². The monoisotopic (exact) mass is 330 g/mol. The van der Waals surface area contributed by atoms with Gasteiger partial charge >= 0.3 is 6.09 Å². The smallest absolute Gasteiger partial charge is 0.410 e. The summed E-state index contributed by atoms with van der Waals surface area (Å²) in [5.41, 5.74) is 5.27. The fourth-order valence-corrected chi connectivity index (χ4v) is 3.73. The summed E-state index contributed by atoms with van der Waals surface area (Å²) in [5.74, 6) is 0. The van der Waals surface area contributed by atoms with E-state index in [0.29, 0.717) is 0 Å². The van der Waals surface area contributed by atoms with E-state index in [0.717, 1.165) is 39.0 Å². The standard InChI is InChI=1S/C20H30N2O2/c1-5-21-10-6-7-17-13-15-8-11-22(19(23)24-20(2,3)4)12-9-16(15)14-18(17)21/h13-14H,5-12H2,1-4H3. The molecule has 1 aromatic carbocycles. The first-order chi connectivity index (χ1) is 11.4. The van der Waals surface area contributed by atoms with Crippen LogP contribution in [0.15, 0.2) is 12.1 Å². The van der Waals surface area contributed by atoms with Crippen molar-refractivity contribution in [2.75, 3.05) is 31.1 Å². The second-order valence-electron chi connectivity index (χ2n) is 7.90. The van der Waals surface area contributed by atoms with Crippen LogP contribution >= 0.6 is 0 Å². The van der Waals surface area contributed by atoms with Gasteiger partial charge < -0.3 is 14.5 Å². The third-order valence-electron chi connectivity index (χ3n) is 4.95. The van der Waals surface area contributed by atoms with Crippen molar-refractivity contribution >= 4 is 11.8 Å². The summed E-state index contributed by atoms with van der Waals surface area (Å²) in [7, 11) is 0. The molecule has 0 spiro atoms. The van der Waals surface area contributed by atoms with Crippen LogP contribution in [0.3, 0.4) is 0 Å². The highest BCUT2D eigenvalue weighted by atomic mass is 16.6. The molecule has 24 heavy (non-hydrogen) atoms. The molecular weight excluding hydrogens is 300 g/mol. The largest absolute Gasteiger partial charge is 0.444 e. The Morgan fingerprint density at radius 1 is 1.04 bits per heavy atom. The molecule has 2 heterocycles. The molecule has 0 atom stereocenters. The van der Waals surface area contributed by atoms with Crippen LogP contribution in [0, 0.1) is 0 Å². The molecule has 4 nitrogen and oxygen atoms in total. The summed E-state index contributed by atoms with van der Waals surface area (Å²) in [6.07, 6.45) is 4.07. The van der Waals surface area contributed by atoms with E-state index in [1.54, 1.807) is 0 Å². The molecule has 0 unspecified atom stereocenters. The maximum atomic E-state index is 12.4. The van der Waals surface area contributed by atoms with Crippen molar-refractivity contribution in [3.05, 3.63) is 28.8 Å². The molecule has 2 aliphatic rings. The van der Waals surface area contributed by atoms with Gasteiger partial charge in [0.1, 0.15) is 5.60 Å². The van der Waals surface area contributed by atoms with E-state index in [9.17, 15) is 4.79 Å². The van der Waals surface area contributed by atoms with Crippen LogP contribution in [0.5, 0.6) is 0 Å². The van der Waals surface area contributed by atoms with Crippen LogP contribution in [0.2, 0.25) is 0 Å². The van der Waals surface area contributed by atoms with E-state index >= 15 is 0 Å². The first-order valence-electron chi connectivity index (χ1n) is 9.25. The number of aryl methyl sites for hydroxylation is 1. The highest BCUT2D eigenvalue weighted by Gasteiger charge is 2.25. The van der Waals surface area contributed by atoms with Crippen molar-refractivity contribution in [3.63, 3.8) is 0 Å². The zero-order chi connectivity index (χ0) is 17.3. The van der Waals surface area contributed by atoms with Crippen LogP contribution in [-0.4, -0.2) is 42.8 Å². The van der Waals surface area contributed by atoms with Gasteiger partial charge in [-0.2, -0.15) is 0 Å². The van der Waals surface area contributed by atoms with Gasteiger partial charge in [-0.15, -0.1) is 0 Å². The highest BCUT2D eigenvalue weighted by Crippen LogP contribution is 2.31. The van der Waals surface area contributed by atoms with Gasteiger partial charge in [0.2, 0.25) is 0 Å². The van der Waals surface area contributed by atoms with Crippen LogP contribution in [-0.2, 0) is 24.0 Å². The molecular formula is C20H30N2O2. The number of amides is 1. The summed E-state index contributed by atoms with van der Waals surface area (Å²) >= 11 is 0. The van der Waals surface area contributed by atoms with Crippen molar-refractivity contribution in [1.29, 1.82) is 0 Å². The number of fused-ring (bicyclic) bond motifs is 2. The van der Waals surface area contributed by atoms with Gasteiger partial charge in [-0.1, -0.05) is 6.07 Å². The Morgan fingerprint density at radius 3 is 2.33 bits per heavy atom. The van der Waals surface area contributed by atoms with Crippen LogP contribution in [0.1, 0.15) is 50.8 Å². The summed E-state index contributed by atoms with van der Waals surface area (Å²) in [4.78, 5) is 16.7. The zero-order valence-electron chi connectivity index (χ0n) is 15.5. The molecule has 0 radical (unpaired) electrons. The molecule has 0 saturated heterocycles. The van der Waals surface area contributed by atoms with E-state index in [1.165, 1.54) is 35.2 Å². The molecule has 0 aromatic heterocycles. The highest BCUT2D eigenvalue weighted by molar-refractivity contribution is 5.68. The third kappa shape index (κ3) is 3.68. The number of anilines is 1. The minimum Gasteiger partial charge on any atom is -0.444 e. The number of hydrogen-bond donors (Lipinski definition) is 0. The maximum absolute atomic E-state index is 12.4. The van der Waals surface area contributed by atoms with E-state index < -0.39 is 5.60 Å². The number of carbonyl (C=O) groups excluding carboxylic acids is 1. The van der Waals surface area contributed by atoms with Crippen molar-refractivity contribution in [2.45, 2.75) is 59.0 Å². The SMILES string of the molecule is CCN1CCCc2cc3c(cc21)CCN(C(=O)OC(C)(C)C)CC3. The molecule has 0 bridgehead atoms.